The van der Waals surface area contributed by atoms with Crippen molar-refractivity contribution in [3.8, 4) is 0 Å². The Hall–Kier alpha value is -1.59. The first-order valence-corrected chi connectivity index (χ1v) is 6.64. The van der Waals surface area contributed by atoms with Gasteiger partial charge in [-0.2, -0.15) is 0 Å². The smallest absolute Gasteiger partial charge is 0.358 e. The van der Waals surface area contributed by atoms with E-state index >= 15 is 0 Å². The van der Waals surface area contributed by atoms with Gasteiger partial charge in [-0.3, -0.25) is 0 Å². The molecule has 0 radical (unpaired) electrons. The van der Waals surface area contributed by atoms with Crippen LogP contribution in [0.5, 0.6) is 0 Å². The number of fused-ring (bicyclic) bond motifs is 1. The number of rotatable bonds is 3. The van der Waals surface area contributed by atoms with Gasteiger partial charge in [0.05, 0.1) is 6.61 Å². The summed E-state index contributed by atoms with van der Waals surface area (Å²) in [5.74, 6) is 0.183. The number of carbonyl (C=O) groups excluding carboxylic acids is 1. The summed E-state index contributed by atoms with van der Waals surface area (Å²) < 4.78 is 6.82. The fourth-order valence-electron chi connectivity index (χ4n) is 2.49. The van der Waals surface area contributed by atoms with Crippen LogP contribution in [-0.2, 0) is 4.74 Å². The zero-order chi connectivity index (χ0) is 13.2. The second-order valence-electron chi connectivity index (χ2n) is 4.76. The van der Waals surface area contributed by atoms with Crippen LogP contribution >= 0.6 is 12.4 Å². The lowest BCUT2D eigenvalue weighted by Crippen LogP contribution is -2.08. The molecule has 0 saturated carbocycles. The molecule has 6 heteroatoms. The molecule has 0 aliphatic carbocycles. The van der Waals surface area contributed by atoms with Gasteiger partial charge in [-0.05, 0) is 43.5 Å². The molecular weight excluding hydrogens is 278 g/mol. The van der Waals surface area contributed by atoms with Gasteiger partial charge in [-0.1, -0.05) is 0 Å². The van der Waals surface area contributed by atoms with E-state index in [1.165, 1.54) is 5.56 Å². The minimum Gasteiger partial charge on any atom is -0.461 e. The third kappa shape index (κ3) is 2.78. The Bertz CT molecular complexity index is 605. The average molecular weight is 296 g/mol. The summed E-state index contributed by atoms with van der Waals surface area (Å²) >= 11 is 0. The highest BCUT2D eigenvalue weighted by atomic mass is 35.5. The Morgan fingerprint density at radius 1 is 1.60 bits per heavy atom. The van der Waals surface area contributed by atoms with E-state index in [1.807, 2.05) is 10.6 Å². The predicted octanol–water partition coefficient (Wildman–Crippen LogP) is 2.01. The number of pyridine rings is 1. The second-order valence-corrected chi connectivity index (χ2v) is 4.76. The number of halogens is 1. The molecule has 2 aromatic rings. The van der Waals surface area contributed by atoms with E-state index in [4.69, 9.17) is 4.74 Å². The lowest BCUT2D eigenvalue weighted by Gasteiger charge is -2.08. The number of esters is 1. The molecular formula is C14H18ClN3O2. The molecule has 1 saturated heterocycles. The highest BCUT2D eigenvalue weighted by Crippen LogP contribution is 2.23. The van der Waals surface area contributed by atoms with Gasteiger partial charge < -0.3 is 14.5 Å². The number of hydrogen-bond donors (Lipinski definition) is 1. The lowest BCUT2D eigenvalue weighted by molar-refractivity contribution is 0.0520. The van der Waals surface area contributed by atoms with Crippen molar-refractivity contribution in [3.63, 3.8) is 0 Å². The zero-order valence-electron chi connectivity index (χ0n) is 11.3. The topological polar surface area (TPSA) is 55.6 Å². The average Bonchev–Trinajstić information content (AvgIpc) is 3.07. The van der Waals surface area contributed by atoms with Gasteiger partial charge in [0, 0.05) is 18.9 Å². The quantitative estimate of drug-likeness (QED) is 0.880. The van der Waals surface area contributed by atoms with Crippen LogP contribution in [0.3, 0.4) is 0 Å². The summed E-state index contributed by atoms with van der Waals surface area (Å²) in [6.07, 6.45) is 4.82. The van der Waals surface area contributed by atoms with Gasteiger partial charge in [0.15, 0.2) is 5.69 Å². The van der Waals surface area contributed by atoms with E-state index in [9.17, 15) is 4.79 Å². The maximum Gasteiger partial charge on any atom is 0.358 e. The van der Waals surface area contributed by atoms with Gasteiger partial charge in [-0.15, -0.1) is 12.4 Å². The SMILES string of the molecule is CCOC(=O)c1cn2ccc(C3CCNC3)cc2n1.Cl. The summed E-state index contributed by atoms with van der Waals surface area (Å²) in [6, 6.07) is 4.15. The number of nitrogens with zero attached hydrogens (tertiary/aromatic N) is 2. The second kappa shape index (κ2) is 6.24. The minimum absolute atomic E-state index is 0. The van der Waals surface area contributed by atoms with Crippen LogP contribution in [0, 0.1) is 0 Å². The van der Waals surface area contributed by atoms with E-state index in [0.29, 0.717) is 18.2 Å². The Morgan fingerprint density at radius 2 is 2.45 bits per heavy atom. The zero-order valence-corrected chi connectivity index (χ0v) is 12.2. The van der Waals surface area contributed by atoms with Crippen LogP contribution in [0.25, 0.3) is 5.65 Å². The molecule has 20 heavy (non-hydrogen) atoms. The minimum atomic E-state index is -0.365. The molecule has 5 nitrogen and oxygen atoms in total. The fraction of sp³-hybridized carbons (Fsp3) is 0.429. The van der Waals surface area contributed by atoms with Crippen molar-refractivity contribution in [1.82, 2.24) is 14.7 Å². The number of hydrogen-bond acceptors (Lipinski definition) is 4. The van der Waals surface area contributed by atoms with Crippen molar-refractivity contribution >= 4 is 24.0 Å². The first-order valence-electron chi connectivity index (χ1n) is 6.64. The molecule has 0 amide bonds. The van der Waals surface area contributed by atoms with Gasteiger partial charge in [-0.25, -0.2) is 9.78 Å². The molecule has 1 unspecified atom stereocenters. The van der Waals surface area contributed by atoms with Crippen molar-refractivity contribution in [2.75, 3.05) is 19.7 Å². The molecule has 108 valence electrons. The summed E-state index contributed by atoms with van der Waals surface area (Å²) in [5.41, 5.74) is 2.44. The van der Waals surface area contributed by atoms with Crippen LogP contribution in [0.1, 0.15) is 35.3 Å². The standard InChI is InChI=1S/C14H17N3O2.ClH/c1-2-19-14(18)12-9-17-6-4-10(7-13(17)16-12)11-3-5-15-8-11;/h4,6-7,9,11,15H,2-3,5,8H2,1H3;1H. The van der Waals surface area contributed by atoms with E-state index < -0.39 is 0 Å². The molecule has 0 bridgehead atoms. The molecule has 0 spiro atoms. The van der Waals surface area contributed by atoms with Crippen molar-refractivity contribution in [3.05, 3.63) is 35.8 Å². The molecule has 0 aromatic carbocycles. The summed E-state index contributed by atoms with van der Waals surface area (Å²) in [7, 11) is 0. The number of imidazole rings is 1. The Balaban J connectivity index is 0.00000147. The maximum absolute atomic E-state index is 11.6. The number of ether oxygens (including phenoxy) is 1. The summed E-state index contributed by atoms with van der Waals surface area (Å²) in [5, 5.41) is 3.36. The molecule has 1 N–H and O–H groups in total. The number of carbonyl (C=O) groups is 1. The summed E-state index contributed by atoms with van der Waals surface area (Å²) in [4.78, 5) is 16.0. The predicted molar refractivity (Wildman–Crippen MR) is 78.6 cm³/mol. The van der Waals surface area contributed by atoms with E-state index in [1.54, 1.807) is 13.1 Å². The normalized spacial score (nSPS) is 17.9. The Labute approximate surface area is 123 Å². The maximum atomic E-state index is 11.6. The van der Waals surface area contributed by atoms with Crippen LogP contribution in [0.4, 0.5) is 0 Å². The lowest BCUT2D eigenvalue weighted by atomic mass is 10.00. The van der Waals surface area contributed by atoms with Crippen LogP contribution < -0.4 is 5.32 Å². The molecule has 2 aromatic heterocycles. The van der Waals surface area contributed by atoms with Gasteiger partial charge in [0.2, 0.25) is 0 Å². The molecule has 3 rings (SSSR count). The van der Waals surface area contributed by atoms with E-state index in [-0.39, 0.29) is 18.4 Å². The number of aromatic nitrogens is 2. The first-order chi connectivity index (χ1) is 9.28. The largest absolute Gasteiger partial charge is 0.461 e. The third-order valence-electron chi connectivity index (χ3n) is 3.50. The molecule has 1 aliphatic rings. The van der Waals surface area contributed by atoms with Crippen molar-refractivity contribution < 1.29 is 9.53 Å². The highest BCUT2D eigenvalue weighted by molar-refractivity contribution is 5.88. The molecule has 1 fully saturated rings. The van der Waals surface area contributed by atoms with E-state index in [0.717, 1.165) is 25.2 Å². The molecule has 1 aliphatic heterocycles. The van der Waals surface area contributed by atoms with Gasteiger partial charge in [0.1, 0.15) is 5.65 Å². The molecule has 3 heterocycles. The van der Waals surface area contributed by atoms with E-state index in [2.05, 4.69) is 22.4 Å². The van der Waals surface area contributed by atoms with Crippen molar-refractivity contribution in [2.24, 2.45) is 0 Å². The monoisotopic (exact) mass is 295 g/mol. The first kappa shape index (κ1) is 14.8. The van der Waals surface area contributed by atoms with Crippen molar-refractivity contribution in [1.29, 1.82) is 0 Å². The van der Waals surface area contributed by atoms with Crippen LogP contribution in [0.2, 0.25) is 0 Å². The van der Waals surface area contributed by atoms with Crippen LogP contribution in [-0.4, -0.2) is 35.1 Å². The number of nitrogens with one attached hydrogen (secondary N) is 1. The fourth-order valence-corrected chi connectivity index (χ4v) is 2.49. The third-order valence-corrected chi connectivity index (χ3v) is 3.50. The van der Waals surface area contributed by atoms with Crippen LogP contribution in [0.15, 0.2) is 24.5 Å². The Morgan fingerprint density at radius 3 is 3.15 bits per heavy atom. The highest BCUT2D eigenvalue weighted by Gasteiger charge is 2.18. The van der Waals surface area contributed by atoms with Gasteiger partial charge in [0.25, 0.3) is 0 Å². The van der Waals surface area contributed by atoms with Gasteiger partial charge >= 0.3 is 5.97 Å². The Kier molecular flexibility index (Phi) is 4.62. The summed E-state index contributed by atoms with van der Waals surface area (Å²) in [6.45, 7) is 4.24. The van der Waals surface area contributed by atoms with Crippen molar-refractivity contribution in [2.45, 2.75) is 19.3 Å². The molecule has 1 atom stereocenters.